The lowest BCUT2D eigenvalue weighted by Crippen LogP contribution is -2.13. The number of rotatable bonds is 6. The van der Waals surface area contributed by atoms with E-state index in [1.807, 2.05) is 23.0 Å². The standard InChI is InChI=1S/C16H21N3O/c1-2-7-17-8-13-9-18-19(10-13)11-14-12-20-16-6-4-3-5-15(14)16/h3-6,9-10,14,17H,2,7-8,11-12H2,1H3. The van der Waals surface area contributed by atoms with Gasteiger partial charge in [0.05, 0.1) is 19.3 Å². The van der Waals surface area contributed by atoms with Gasteiger partial charge in [-0.25, -0.2) is 0 Å². The van der Waals surface area contributed by atoms with Gasteiger partial charge in [0, 0.05) is 29.8 Å². The summed E-state index contributed by atoms with van der Waals surface area (Å²) >= 11 is 0. The Kier molecular flexibility index (Phi) is 4.02. The summed E-state index contributed by atoms with van der Waals surface area (Å²) in [6.45, 7) is 5.75. The fourth-order valence-corrected chi connectivity index (χ4v) is 2.61. The highest BCUT2D eigenvalue weighted by molar-refractivity contribution is 5.39. The first kappa shape index (κ1) is 13.2. The normalized spacial score (nSPS) is 16.9. The molecule has 2 heterocycles. The number of benzene rings is 1. The zero-order valence-electron chi connectivity index (χ0n) is 11.9. The van der Waals surface area contributed by atoms with Crippen LogP contribution in [0.1, 0.15) is 30.4 Å². The van der Waals surface area contributed by atoms with E-state index >= 15 is 0 Å². The van der Waals surface area contributed by atoms with Crippen LogP contribution in [-0.2, 0) is 13.1 Å². The molecule has 1 atom stereocenters. The predicted molar refractivity (Wildman–Crippen MR) is 78.9 cm³/mol. The number of nitrogens with one attached hydrogen (secondary N) is 1. The van der Waals surface area contributed by atoms with Gasteiger partial charge >= 0.3 is 0 Å². The van der Waals surface area contributed by atoms with Crippen molar-refractivity contribution in [2.75, 3.05) is 13.2 Å². The lowest BCUT2D eigenvalue weighted by molar-refractivity contribution is 0.315. The molecule has 20 heavy (non-hydrogen) atoms. The molecule has 1 aliphatic rings. The largest absolute Gasteiger partial charge is 0.493 e. The topological polar surface area (TPSA) is 39.1 Å². The van der Waals surface area contributed by atoms with Gasteiger partial charge in [-0.1, -0.05) is 25.1 Å². The minimum atomic E-state index is 0.405. The first-order valence-corrected chi connectivity index (χ1v) is 7.30. The average Bonchev–Trinajstić information content (AvgIpc) is 3.08. The van der Waals surface area contributed by atoms with E-state index in [1.54, 1.807) is 0 Å². The van der Waals surface area contributed by atoms with Crippen molar-refractivity contribution >= 4 is 0 Å². The van der Waals surface area contributed by atoms with Gasteiger partial charge in [-0.05, 0) is 19.0 Å². The molecule has 3 rings (SSSR count). The van der Waals surface area contributed by atoms with E-state index < -0.39 is 0 Å². The molecule has 0 bridgehead atoms. The van der Waals surface area contributed by atoms with Gasteiger partial charge in [0.1, 0.15) is 5.75 Å². The van der Waals surface area contributed by atoms with Crippen LogP contribution in [-0.4, -0.2) is 22.9 Å². The van der Waals surface area contributed by atoms with Crippen molar-refractivity contribution in [3.05, 3.63) is 47.8 Å². The van der Waals surface area contributed by atoms with Crippen LogP contribution in [0.5, 0.6) is 5.75 Å². The molecule has 1 N–H and O–H groups in total. The fourth-order valence-electron chi connectivity index (χ4n) is 2.61. The minimum absolute atomic E-state index is 0.405. The second kappa shape index (κ2) is 6.09. The second-order valence-corrected chi connectivity index (χ2v) is 5.29. The van der Waals surface area contributed by atoms with Gasteiger partial charge in [-0.3, -0.25) is 4.68 Å². The van der Waals surface area contributed by atoms with Crippen LogP contribution in [0.2, 0.25) is 0 Å². The molecule has 0 aliphatic carbocycles. The van der Waals surface area contributed by atoms with Crippen molar-refractivity contribution in [2.24, 2.45) is 0 Å². The lowest BCUT2D eigenvalue weighted by Gasteiger charge is -2.08. The summed E-state index contributed by atoms with van der Waals surface area (Å²) in [6.07, 6.45) is 5.23. The average molecular weight is 271 g/mol. The zero-order valence-corrected chi connectivity index (χ0v) is 11.9. The monoisotopic (exact) mass is 271 g/mol. The summed E-state index contributed by atoms with van der Waals surface area (Å²) in [7, 11) is 0. The van der Waals surface area contributed by atoms with Crippen molar-refractivity contribution in [3.63, 3.8) is 0 Å². The molecule has 0 amide bonds. The summed E-state index contributed by atoms with van der Waals surface area (Å²) in [4.78, 5) is 0. The fraction of sp³-hybridized carbons (Fsp3) is 0.438. The van der Waals surface area contributed by atoms with Crippen LogP contribution in [0.15, 0.2) is 36.7 Å². The SMILES string of the molecule is CCCNCc1cnn(CC2COc3ccccc32)c1. The summed E-state index contributed by atoms with van der Waals surface area (Å²) in [5.41, 5.74) is 2.54. The Bertz CT molecular complexity index is 564. The van der Waals surface area contributed by atoms with Gasteiger partial charge in [0.2, 0.25) is 0 Å². The Morgan fingerprint density at radius 3 is 3.20 bits per heavy atom. The zero-order chi connectivity index (χ0) is 13.8. The van der Waals surface area contributed by atoms with Gasteiger partial charge in [0.15, 0.2) is 0 Å². The van der Waals surface area contributed by atoms with Crippen LogP contribution in [0, 0.1) is 0 Å². The molecule has 1 unspecified atom stereocenters. The van der Waals surface area contributed by atoms with Crippen LogP contribution >= 0.6 is 0 Å². The van der Waals surface area contributed by atoms with E-state index in [9.17, 15) is 0 Å². The maximum absolute atomic E-state index is 5.72. The molecule has 1 aromatic carbocycles. The smallest absolute Gasteiger partial charge is 0.122 e. The van der Waals surface area contributed by atoms with Crippen molar-refractivity contribution in [2.45, 2.75) is 32.4 Å². The van der Waals surface area contributed by atoms with Crippen molar-refractivity contribution in [3.8, 4) is 5.75 Å². The number of ether oxygens (including phenoxy) is 1. The van der Waals surface area contributed by atoms with Gasteiger partial charge in [0.25, 0.3) is 0 Å². The molecule has 2 aromatic rings. The highest BCUT2D eigenvalue weighted by Gasteiger charge is 2.24. The molecule has 4 nitrogen and oxygen atoms in total. The maximum Gasteiger partial charge on any atom is 0.122 e. The Morgan fingerprint density at radius 2 is 2.30 bits per heavy atom. The van der Waals surface area contributed by atoms with E-state index in [0.717, 1.165) is 38.4 Å². The molecule has 0 radical (unpaired) electrons. The molecular weight excluding hydrogens is 250 g/mol. The Labute approximate surface area is 119 Å². The molecule has 0 fully saturated rings. The predicted octanol–water partition coefficient (Wildman–Crippen LogP) is 2.56. The van der Waals surface area contributed by atoms with Gasteiger partial charge in [-0.2, -0.15) is 5.10 Å². The number of hydrogen-bond acceptors (Lipinski definition) is 3. The number of fused-ring (bicyclic) bond motifs is 1. The summed E-state index contributed by atoms with van der Waals surface area (Å²) in [6, 6.07) is 8.29. The molecule has 1 aliphatic heterocycles. The van der Waals surface area contributed by atoms with Crippen LogP contribution in [0.3, 0.4) is 0 Å². The Morgan fingerprint density at radius 1 is 1.40 bits per heavy atom. The molecular formula is C16H21N3O. The minimum Gasteiger partial charge on any atom is -0.493 e. The molecule has 0 saturated carbocycles. The number of nitrogens with zero attached hydrogens (tertiary/aromatic N) is 2. The van der Waals surface area contributed by atoms with E-state index in [-0.39, 0.29) is 0 Å². The van der Waals surface area contributed by atoms with E-state index in [2.05, 4.69) is 35.7 Å². The highest BCUT2D eigenvalue weighted by Crippen LogP contribution is 2.34. The molecule has 1 aromatic heterocycles. The number of aromatic nitrogens is 2. The Hall–Kier alpha value is -1.81. The van der Waals surface area contributed by atoms with Crippen molar-refractivity contribution in [1.29, 1.82) is 0 Å². The van der Waals surface area contributed by atoms with E-state index in [1.165, 1.54) is 11.1 Å². The molecule has 0 spiro atoms. The first-order valence-electron chi connectivity index (χ1n) is 7.30. The number of hydrogen-bond donors (Lipinski definition) is 1. The van der Waals surface area contributed by atoms with Gasteiger partial charge < -0.3 is 10.1 Å². The molecule has 0 saturated heterocycles. The third kappa shape index (κ3) is 2.85. The van der Waals surface area contributed by atoms with Crippen molar-refractivity contribution < 1.29 is 4.74 Å². The van der Waals surface area contributed by atoms with Crippen LogP contribution < -0.4 is 10.1 Å². The third-order valence-electron chi connectivity index (χ3n) is 3.65. The second-order valence-electron chi connectivity index (χ2n) is 5.29. The summed E-state index contributed by atoms with van der Waals surface area (Å²) in [5, 5.41) is 7.85. The molecule has 106 valence electrons. The van der Waals surface area contributed by atoms with Crippen LogP contribution in [0.4, 0.5) is 0 Å². The lowest BCUT2D eigenvalue weighted by atomic mass is 10.0. The quantitative estimate of drug-likeness (QED) is 0.821. The van der Waals surface area contributed by atoms with Crippen molar-refractivity contribution in [1.82, 2.24) is 15.1 Å². The van der Waals surface area contributed by atoms with Gasteiger partial charge in [-0.15, -0.1) is 0 Å². The summed E-state index contributed by atoms with van der Waals surface area (Å²) < 4.78 is 7.74. The summed E-state index contributed by atoms with van der Waals surface area (Å²) in [5.74, 6) is 1.43. The number of para-hydroxylation sites is 1. The van der Waals surface area contributed by atoms with E-state index in [4.69, 9.17) is 4.74 Å². The highest BCUT2D eigenvalue weighted by atomic mass is 16.5. The Balaban J connectivity index is 1.62. The first-order chi connectivity index (χ1) is 9.86. The third-order valence-corrected chi connectivity index (χ3v) is 3.65. The van der Waals surface area contributed by atoms with E-state index in [0.29, 0.717) is 5.92 Å². The molecule has 4 heteroatoms. The maximum atomic E-state index is 5.72. The van der Waals surface area contributed by atoms with Crippen LogP contribution in [0.25, 0.3) is 0 Å².